The van der Waals surface area contributed by atoms with Gasteiger partial charge in [-0.1, -0.05) is 12.8 Å². The van der Waals surface area contributed by atoms with Crippen LogP contribution in [0, 0.1) is 5.92 Å². The largest absolute Gasteiger partial charge is 0.444 e. The number of rotatable bonds is 5. The fourth-order valence-electron chi connectivity index (χ4n) is 3.54. The molecule has 2 rings (SSSR count). The molecule has 0 spiro atoms. The first-order valence-electron chi connectivity index (χ1n) is 9.77. The Morgan fingerprint density at radius 3 is 2.04 bits per heavy atom. The van der Waals surface area contributed by atoms with Gasteiger partial charge in [-0.2, -0.15) is 0 Å². The van der Waals surface area contributed by atoms with Crippen LogP contribution in [0.3, 0.4) is 0 Å². The Bertz CT molecular complexity index is 501. The Hall–Kier alpha value is -1.79. The van der Waals surface area contributed by atoms with E-state index in [2.05, 4.69) is 5.32 Å². The normalized spacial score (nSPS) is 18.7. The molecule has 0 aromatic rings. The second kappa shape index (κ2) is 9.24. The van der Waals surface area contributed by atoms with E-state index >= 15 is 0 Å². The summed E-state index contributed by atoms with van der Waals surface area (Å²) in [5.41, 5.74) is -0.546. The highest BCUT2D eigenvalue weighted by Crippen LogP contribution is 2.28. The van der Waals surface area contributed by atoms with Gasteiger partial charge in [0.25, 0.3) is 0 Å². The highest BCUT2D eigenvalue weighted by molar-refractivity contribution is 5.79. The van der Waals surface area contributed by atoms with Crippen molar-refractivity contribution >= 4 is 17.9 Å². The van der Waals surface area contributed by atoms with Gasteiger partial charge in [-0.05, 0) is 39.5 Å². The summed E-state index contributed by atoms with van der Waals surface area (Å²) >= 11 is 0. The van der Waals surface area contributed by atoms with E-state index in [4.69, 9.17) is 4.74 Å². The fraction of sp³-hybridized carbons (Fsp3) is 0.842. The Morgan fingerprint density at radius 1 is 0.962 bits per heavy atom. The molecule has 2 fully saturated rings. The van der Waals surface area contributed by atoms with Crippen LogP contribution in [-0.2, 0) is 14.3 Å². The quantitative estimate of drug-likeness (QED) is 0.807. The zero-order valence-corrected chi connectivity index (χ0v) is 16.4. The molecule has 3 amide bonds. The molecule has 1 saturated heterocycles. The SMILES string of the molecule is CC(C)(C)OC(=O)NCCC(=O)N1CCN(C(=O)CC2CCCC2)CC1. The summed E-state index contributed by atoms with van der Waals surface area (Å²) in [5, 5.41) is 2.60. The van der Waals surface area contributed by atoms with E-state index in [0.717, 1.165) is 0 Å². The molecule has 0 radical (unpaired) electrons. The molecule has 1 saturated carbocycles. The number of alkyl carbamates (subject to hydrolysis) is 1. The van der Waals surface area contributed by atoms with Gasteiger partial charge in [0.15, 0.2) is 0 Å². The molecule has 1 aliphatic carbocycles. The summed E-state index contributed by atoms with van der Waals surface area (Å²) in [6.07, 6.45) is 5.24. The average molecular weight is 367 g/mol. The van der Waals surface area contributed by atoms with Gasteiger partial charge in [-0.3, -0.25) is 9.59 Å². The van der Waals surface area contributed by atoms with Gasteiger partial charge in [-0.25, -0.2) is 4.79 Å². The van der Waals surface area contributed by atoms with Crippen LogP contribution >= 0.6 is 0 Å². The third-order valence-corrected chi connectivity index (χ3v) is 4.93. The van der Waals surface area contributed by atoms with Crippen LogP contribution in [0.2, 0.25) is 0 Å². The van der Waals surface area contributed by atoms with Crippen molar-refractivity contribution in [3.05, 3.63) is 0 Å². The van der Waals surface area contributed by atoms with Gasteiger partial charge in [0, 0.05) is 45.6 Å². The molecular formula is C19H33N3O4. The van der Waals surface area contributed by atoms with Crippen molar-refractivity contribution in [1.29, 1.82) is 0 Å². The minimum Gasteiger partial charge on any atom is -0.444 e. The number of piperazine rings is 1. The number of nitrogens with one attached hydrogen (secondary N) is 1. The summed E-state index contributed by atoms with van der Waals surface area (Å²) in [5.74, 6) is 0.792. The zero-order chi connectivity index (χ0) is 19.2. The minimum atomic E-state index is -0.546. The maximum atomic E-state index is 12.4. The van der Waals surface area contributed by atoms with Crippen LogP contribution in [0.25, 0.3) is 0 Å². The average Bonchev–Trinajstić information content (AvgIpc) is 3.06. The highest BCUT2D eigenvalue weighted by Gasteiger charge is 2.26. The first-order chi connectivity index (χ1) is 12.2. The van der Waals surface area contributed by atoms with Crippen molar-refractivity contribution < 1.29 is 19.1 Å². The summed E-state index contributed by atoms with van der Waals surface area (Å²) in [4.78, 5) is 39.8. The molecule has 1 heterocycles. The molecule has 0 unspecified atom stereocenters. The number of carbonyl (C=O) groups excluding carboxylic acids is 3. The molecule has 26 heavy (non-hydrogen) atoms. The standard InChI is InChI=1S/C19H33N3O4/c1-19(2,3)26-18(25)20-9-8-16(23)21-10-12-22(13-11-21)17(24)14-15-6-4-5-7-15/h15H,4-14H2,1-3H3,(H,20,25). The van der Waals surface area contributed by atoms with Crippen LogP contribution in [0.5, 0.6) is 0 Å². The maximum absolute atomic E-state index is 12.4. The lowest BCUT2D eigenvalue weighted by Crippen LogP contribution is -2.51. The maximum Gasteiger partial charge on any atom is 0.407 e. The number of nitrogens with zero attached hydrogens (tertiary/aromatic N) is 2. The van der Waals surface area contributed by atoms with Crippen LogP contribution < -0.4 is 5.32 Å². The summed E-state index contributed by atoms with van der Waals surface area (Å²) in [6.45, 7) is 8.01. The molecule has 0 aromatic carbocycles. The van der Waals surface area contributed by atoms with Gasteiger partial charge in [0.05, 0.1) is 0 Å². The first-order valence-corrected chi connectivity index (χ1v) is 9.77. The Balaban J connectivity index is 1.63. The predicted molar refractivity (Wildman–Crippen MR) is 98.6 cm³/mol. The molecule has 0 aromatic heterocycles. The molecule has 0 bridgehead atoms. The summed E-state index contributed by atoms with van der Waals surface area (Å²) < 4.78 is 5.14. The molecule has 1 N–H and O–H groups in total. The van der Waals surface area contributed by atoms with Crippen molar-refractivity contribution in [3.63, 3.8) is 0 Å². The number of carbonyl (C=O) groups is 3. The van der Waals surface area contributed by atoms with E-state index in [1.807, 2.05) is 4.90 Å². The van der Waals surface area contributed by atoms with Crippen molar-refractivity contribution in [1.82, 2.24) is 15.1 Å². The van der Waals surface area contributed by atoms with E-state index in [1.54, 1.807) is 25.7 Å². The number of ether oxygens (including phenoxy) is 1. The van der Waals surface area contributed by atoms with Crippen LogP contribution in [0.15, 0.2) is 0 Å². The number of amides is 3. The Kier molecular flexibility index (Phi) is 7.29. The Labute approximate surface area is 156 Å². The molecule has 0 atom stereocenters. The van der Waals surface area contributed by atoms with E-state index in [-0.39, 0.29) is 24.8 Å². The molecule has 2 aliphatic rings. The van der Waals surface area contributed by atoms with Crippen LogP contribution in [0.4, 0.5) is 4.79 Å². The molecule has 7 heteroatoms. The van der Waals surface area contributed by atoms with E-state index in [9.17, 15) is 14.4 Å². The van der Waals surface area contributed by atoms with Gasteiger partial charge >= 0.3 is 6.09 Å². The van der Waals surface area contributed by atoms with Crippen LogP contribution in [0.1, 0.15) is 59.3 Å². The third-order valence-electron chi connectivity index (χ3n) is 4.93. The fourth-order valence-corrected chi connectivity index (χ4v) is 3.54. The molecule has 148 valence electrons. The smallest absolute Gasteiger partial charge is 0.407 e. The van der Waals surface area contributed by atoms with Gasteiger partial charge in [0.1, 0.15) is 5.60 Å². The third kappa shape index (κ3) is 6.84. The second-order valence-electron chi connectivity index (χ2n) is 8.29. The van der Waals surface area contributed by atoms with Gasteiger partial charge < -0.3 is 19.9 Å². The van der Waals surface area contributed by atoms with Crippen LogP contribution in [-0.4, -0.2) is 66.0 Å². The Morgan fingerprint density at radius 2 is 1.50 bits per heavy atom. The topological polar surface area (TPSA) is 79.0 Å². The lowest BCUT2D eigenvalue weighted by Gasteiger charge is -2.35. The zero-order valence-electron chi connectivity index (χ0n) is 16.4. The van der Waals surface area contributed by atoms with Gasteiger partial charge in [-0.15, -0.1) is 0 Å². The van der Waals surface area contributed by atoms with Crippen molar-refractivity contribution in [2.75, 3.05) is 32.7 Å². The lowest BCUT2D eigenvalue weighted by molar-refractivity contribution is -0.140. The predicted octanol–water partition coefficient (Wildman–Crippen LogP) is 2.15. The highest BCUT2D eigenvalue weighted by atomic mass is 16.6. The van der Waals surface area contributed by atoms with E-state index in [0.29, 0.717) is 38.5 Å². The monoisotopic (exact) mass is 367 g/mol. The molecular weight excluding hydrogens is 334 g/mol. The summed E-state index contributed by atoms with van der Waals surface area (Å²) in [7, 11) is 0. The van der Waals surface area contributed by atoms with Crippen molar-refractivity contribution in [2.45, 2.75) is 64.9 Å². The number of hydrogen-bond acceptors (Lipinski definition) is 4. The molecule has 7 nitrogen and oxygen atoms in total. The minimum absolute atomic E-state index is 0.00366. The van der Waals surface area contributed by atoms with Crippen molar-refractivity contribution in [2.24, 2.45) is 5.92 Å². The lowest BCUT2D eigenvalue weighted by atomic mass is 10.0. The van der Waals surface area contributed by atoms with Crippen molar-refractivity contribution in [3.8, 4) is 0 Å². The number of hydrogen-bond donors (Lipinski definition) is 1. The van der Waals surface area contributed by atoms with E-state index < -0.39 is 11.7 Å². The summed E-state index contributed by atoms with van der Waals surface area (Å²) in [6, 6.07) is 0. The second-order valence-corrected chi connectivity index (χ2v) is 8.29. The van der Waals surface area contributed by atoms with Gasteiger partial charge in [0.2, 0.25) is 11.8 Å². The molecule has 1 aliphatic heterocycles. The van der Waals surface area contributed by atoms with E-state index in [1.165, 1.54) is 25.7 Å². The first kappa shape index (κ1) is 20.5.